The normalized spacial score (nSPS) is 14.6. The summed E-state index contributed by atoms with van der Waals surface area (Å²) < 4.78 is 0. The first-order valence-corrected chi connectivity index (χ1v) is 4.21. The third-order valence-corrected chi connectivity index (χ3v) is 1.76. The summed E-state index contributed by atoms with van der Waals surface area (Å²) in [4.78, 5) is 0. The molecule has 0 amide bonds. The fourth-order valence-corrected chi connectivity index (χ4v) is 1.24. The Morgan fingerprint density at radius 1 is 1.50 bits per heavy atom. The largest absolute Gasteiger partial charge is 0.312 e. The molecule has 0 aromatic carbocycles. The molecule has 0 radical (unpaired) electrons. The fourth-order valence-electron chi connectivity index (χ4n) is 1.24. The molecule has 70 valence electrons. The van der Waals surface area contributed by atoms with Crippen LogP contribution in [0.5, 0.6) is 0 Å². The quantitative estimate of drug-likeness (QED) is 0.481. The van der Waals surface area contributed by atoms with Gasteiger partial charge in [-0.15, -0.1) is 0 Å². The number of nitrogens with zero attached hydrogens (tertiary/aromatic N) is 1. The summed E-state index contributed by atoms with van der Waals surface area (Å²) in [7, 11) is 1.94. The highest BCUT2D eigenvalue weighted by Gasteiger charge is 2.13. The van der Waals surface area contributed by atoms with E-state index in [4.69, 9.17) is 0 Å². The monoisotopic (exact) mass is 169 g/mol. The Morgan fingerprint density at radius 3 is 2.42 bits per heavy atom. The number of hydrazone groups is 1. The highest BCUT2D eigenvalue weighted by molar-refractivity contribution is 5.87. The minimum Gasteiger partial charge on any atom is -0.312 e. The second kappa shape index (κ2) is 5.77. The first kappa shape index (κ1) is 11.2. The first-order valence-electron chi connectivity index (χ1n) is 4.21. The summed E-state index contributed by atoms with van der Waals surface area (Å²) in [6, 6.07) is 0.331. The molecule has 1 atom stereocenters. The van der Waals surface area contributed by atoms with Gasteiger partial charge in [-0.05, 0) is 19.9 Å². The van der Waals surface area contributed by atoms with E-state index in [9.17, 15) is 0 Å². The average molecular weight is 169 g/mol. The van der Waals surface area contributed by atoms with Gasteiger partial charge in [0.2, 0.25) is 0 Å². The molecule has 12 heavy (non-hydrogen) atoms. The van der Waals surface area contributed by atoms with E-state index in [-0.39, 0.29) is 0 Å². The molecule has 0 aliphatic rings. The predicted molar refractivity (Wildman–Crippen MR) is 54.1 cm³/mol. The van der Waals surface area contributed by atoms with Crippen LogP contribution in [0.3, 0.4) is 0 Å². The van der Waals surface area contributed by atoms with Crippen molar-refractivity contribution < 1.29 is 0 Å². The smallest absolute Gasteiger partial charge is 0.0523 e. The van der Waals surface area contributed by atoms with E-state index in [1.807, 2.05) is 14.0 Å². The highest BCUT2D eigenvalue weighted by Crippen LogP contribution is 2.02. The Morgan fingerprint density at radius 2 is 2.08 bits per heavy atom. The van der Waals surface area contributed by atoms with Crippen LogP contribution < -0.4 is 10.7 Å². The first-order chi connectivity index (χ1) is 5.63. The van der Waals surface area contributed by atoms with Crippen molar-refractivity contribution in [1.29, 1.82) is 0 Å². The zero-order valence-corrected chi connectivity index (χ0v) is 8.39. The third-order valence-electron chi connectivity index (χ3n) is 1.76. The number of hydrogen-bond donors (Lipinski definition) is 2. The minimum atomic E-state index is 0.331. The minimum absolute atomic E-state index is 0.331. The Hall–Kier alpha value is -0.830. The van der Waals surface area contributed by atoms with E-state index < -0.39 is 0 Å². The van der Waals surface area contributed by atoms with Gasteiger partial charge >= 0.3 is 0 Å². The fraction of sp³-hybridized carbons (Fsp3) is 0.667. The second-order valence-electron chi connectivity index (χ2n) is 3.10. The molecular weight excluding hydrogens is 150 g/mol. The lowest BCUT2D eigenvalue weighted by Gasteiger charge is -2.19. The molecule has 1 unspecified atom stereocenters. The van der Waals surface area contributed by atoms with Crippen LogP contribution >= 0.6 is 0 Å². The van der Waals surface area contributed by atoms with Gasteiger partial charge in [0.1, 0.15) is 0 Å². The molecule has 0 fully saturated rings. The van der Waals surface area contributed by atoms with Crippen LogP contribution in [0, 0.1) is 5.92 Å². The van der Waals surface area contributed by atoms with Crippen molar-refractivity contribution in [3.8, 4) is 0 Å². The molecule has 0 spiro atoms. The molecule has 3 nitrogen and oxygen atoms in total. The average Bonchev–Trinajstić information content (AvgIpc) is 2.01. The number of hydrogen-bond acceptors (Lipinski definition) is 3. The van der Waals surface area contributed by atoms with E-state index in [1.165, 1.54) is 0 Å². The molecule has 2 N–H and O–H groups in total. The summed E-state index contributed by atoms with van der Waals surface area (Å²) in [5.41, 5.74) is 3.78. The van der Waals surface area contributed by atoms with Crippen LogP contribution in [0.2, 0.25) is 0 Å². The standard InChI is InChI=1S/C9H19N3/c1-6-11-12-8(4)9(10-5)7(2)3/h6-7,9-11H,1H2,2-5H3/b12-8-. The molecule has 0 saturated heterocycles. The van der Waals surface area contributed by atoms with Crippen LogP contribution in [0.4, 0.5) is 0 Å². The lowest BCUT2D eigenvalue weighted by molar-refractivity contribution is 0.519. The lowest BCUT2D eigenvalue weighted by Crippen LogP contribution is -2.37. The zero-order valence-electron chi connectivity index (χ0n) is 8.39. The zero-order chi connectivity index (χ0) is 9.56. The summed E-state index contributed by atoms with van der Waals surface area (Å²) in [5, 5.41) is 7.33. The van der Waals surface area contributed by atoms with Crippen LogP contribution in [-0.2, 0) is 0 Å². The van der Waals surface area contributed by atoms with Crippen molar-refractivity contribution in [3.63, 3.8) is 0 Å². The van der Waals surface area contributed by atoms with E-state index in [0.717, 1.165) is 5.71 Å². The van der Waals surface area contributed by atoms with Crippen molar-refractivity contribution in [1.82, 2.24) is 10.7 Å². The van der Waals surface area contributed by atoms with Crippen LogP contribution in [0.25, 0.3) is 0 Å². The maximum absolute atomic E-state index is 4.12. The van der Waals surface area contributed by atoms with Crippen LogP contribution in [-0.4, -0.2) is 18.8 Å². The van der Waals surface area contributed by atoms with Gasteiger partial charge < -0.3 is 5.32 Å². The molecule has 0 aliphatic carbocycles. The van der Waals surface area contributed by atoms with Crippen LogP contribution in [0.15, 0.2) is 17.9 Å². The Labute approximate surface area is 74.9 Å². The maximum atomic E-state index is 4.12. The van der Waals surface area contributed by atoms with Crippen LogP contribution in [0.1, 0.15) is 20.8 Å². The van der Waals surface area contributed by atoms with E-state index >= 15 is 0 Å². The molecule has 0 aromatic rings. The Kier molecular flexibility index (Phi) is 5.37. The molecule has 0 heterocycles. The summed E-state index contributed by atoms with van der Waals surface area (Å²) in [5.74, 6) is 0.547. The van der Waals surface area contributed by atoms with Gasteiger partial charge in [-0.1, -0.05) is 20.4 Å². The number of nitrogens with one attached hydrogen (secondary N) is 2. The Bertz CT molecular complexity index is 161. The van der Waals surface area contributed by atoms with Crippen molar-refractivity contribution in [3.05, 3.63) is 12.8 Å². The van der Waals surface area contributed by atoms with Gasteiger partial charge in [0.25, 0.3) is 0 Å². The molecule has 0 aliphatic heterocycles. The molecule has 0 rings (SSSR count). The molecule has 0 bridgehead atoms. The summed E-state index contributed by atoms with van der Waals surface area (Å²) in [6.45, 7) is 9.84. The predicted octanol–water partition coefficient (Wildman–Crippen LogP) is 1.34. The lowest BCUT2D eigenvalue weighted by atomic mass is 10.0. The molecule has 0 aromatic heterocycles. The van der Waals surface area contributed by atoms with Crippen molar-refractivity contribution in [2.24, 2.45) is 11.0 Å². The molecule has 0 saturated carbocycles. The van der Waals surface area contributed by atoms with Gasteiger partial charge in [-0.25, -0.2) is 0 Å². The van der Waals surface area contributed by atoms with Gasteiger partial charge in [-0.3, -0.25) is 5.43 Å². The second-order valence-corrected chi connectivity index (χ2v) is 3.10. The van der Waals surface area contributed by atoms with Crippen molar-refractivity contribution in [2.75, 3.05) is 7.05 Å². The topological polar surface area (TPSA) is 36.4 Å². The number of rotatable bonds is 5. The van der Waals surface area contributed by atoms with Crippen molar-refractivity contribution >= 4 is 5.71 Å². The Balaban J connectivity index is 4.19. The molecule has 3 heteroatoms. The van der Waals surface area contributed by atoms with E-state index in [1.54, 1.807) is 6.20 Å². The summed E-state index contributed by atoms with van der Waals surface area (Å²) in [6.07, 6.45) is 1.57. The molecular formula is C9H19N3. The van der Waals surface area contributed by atoms with Gasteiger partial charge in [0.05, 0.1) is 5.71 Å². The van der Waals surface area contributed by atoms with Gasteiger partial charge in [0, 0.05) is 12.2 Å². The highest BCUT2D eigenvalue weighted by atomic mass is 15.3. The van der Waals surface area contributed by atoms with Crippen molar-refractivity contribution in [2.45, 2.75) is 26.8 Å². The SMILES string of the molecule is C=CN/N=C(/C)C(NC)C(C)C. The van der Waals surface area contributed by atoms with Gasteiger partial charge in [0.15, 0.2) is 0 Å². The summed E-state index contributed by atoms with van der Waals surface area (Å²) >= 11 is 0. The van der Waals surface area contributed by atoms with E-state index in [0.29, 0.717) is 12.0 Å². The van der Waals surface area contributed by atoms with E-state index in [2.05, 4.69) is 36.3 Å². The maximum Gasteiger partial charge on any atom is 0.0523 e. The van der Waals surface area contributed by atoms with Gasteiger partial charge in [-0.2, -0.15) is 5.10 Å². The third kappa shape index (κ3) is 3.53.